The van der Waals surface area contributed by atoms with Crippen LogP contribution in [0.4, 0.5) is 11.4 Å². The van der Waals surface area contributed by atoms with Crippen LogP contribution < -0.4 is 15.0 Å². The first-order valence-electron chi connectivity index (χ1n) is 9.57. The fourth-order valence-corrected chi connectivity index (χ4v) is 3.33. The summed E-state index contributed by atoms with van der Waals surface area (Å²) < 4.78 is 7.72. The van der Waals surface area contributed by atoms with Gasteiger partial charge in [0, 0.05) is 24.5 Å². The van der Waals surface area contributed by atoms with Gasteiger partial charge in [0.2, 0.25) is 0 Å². The number of nitrogens with one attached hydrogen (secondary N) is 1. The summed E-state index contributed by atoms with van der Waals surface area (Å²) >= 11 is 0. The molecule has 1 aromatic heterocycles. The number of para-hydroxylation sites is 1. The number of nitrogens with zero attached hydrogens (tertiary/aromatic N) is 3. The lowest BCUT2D eigenvalue weighted by Gasteiger charge is -2.26. The molecule has 1 aliphatic rings. The molecule has 0 unspecified atom stereocenters. The quantitative estimate of drug-likeness (QED) is 0.720. The third kappa shape index (κ3) is 3.47. The van der Waals surface area contributed by atoms with E-state index in [0.717, 1.165) is 0 Å². The predicted octanol–water partition coefficient (Wildman–Crippen LogP) is 4.32. The Morgan fingerprint density at radius 2 is 1.93 bits per heavy atom. The fourth-order valence-electron chi connectivity index (χ4n) is 3.33. The largest absolute Gasteiger partial charge is 0.454 e. The second-order valence-electron chi connectivity index (χ2n) is 7.06. The zero-order valence-electron chi connectivity index (χ0n) is 16.5. The molecule has 0 spiro atoms. The summed E-state index contributed by atoms with van der Waals surface area (Å²) in [7, 11) is 0. The number of fused-ring (bicyclic) bond motifs is 2. The Morgan fingerprint density at radius 3 is 2.66 bits per heavy atom. The van der Waals surface area contributed by atoms with Crippen LogP contribution in [0.25, 0.3) is 0 Å². The van der Waals surface area contributed by atoms with Crippen molar-refractivity contribution < 1.29 is 14.3 Å². The van der Waals surface area contributed by atoms with E-state index in [1.807, 2.05) is 32.9 Å². The summed E-state index contributed by atoms with van der Waals surface area (Å²) in [6, 6.07) is 14.0. The van der Waals surface area contributed by atoms with Crippen molar-refractivity contribution in [2.45, 2.75) is 33.4 Å². The van der Waals surface area contributed by atoms with Crippen molar-refractivity contribution in [1.82, 2.24) is 9.78 Å². The highest BCUT2D eigenvalue weighted by Crippen LogP contribution is 2.41. The van der Waals surface area contributed by atoms with Crippen LogP contribution in [0.5, 0.6) is 11.5 Å². The topological polar surface area (TPSA) is 76.5 Å². The van der Waals surface area contributed by atoms with Gasteiger partial charge in [-0.3, -0.25) is 14.3 Å². The van der Waals surface area contributed by atoms with Gasteiger partial charge in [-0.25, -0.2) is 0 Å². The Hall–Kier alpha value is -3.61. The molecule has 2 heterocycles. The molecule has 2 aromatic carbocycles. The first-order chi connectivity index (χ1) is 14.0. The Bertz CT molecular complexity index is 1090. The second-order valence-corrected chi connectivity index (χ2v) is 7.06. The number of anilines is 2. The summed E-state index contributed by atoms with van der Waals surface area (Å²) in [6.07, 6.45) is 1.76. The van der Waals surface area contributed by atoms with E-state index in [1.165, 1.54) is 0 Å². The van der Waals surface area contributed by atoms with Gasteiger partial charge in [-0.15, -0.1) is 0 Å². The molecule has 0 aliphatic carbocycles. The number of hydrogen-bond donors (Lipinski definition) is 1. The minimum absolute atomic E-state index is 0.0952. The molecule has 7 nitrogen and oxygen atoms in total. The number of rotatable bonds is 4. The lowest BCUT2D eigenvalue weighted by Crippen LogP contribution is -2.36. The SMILES string of the molecule is CCn1ccc(C(=O)Nc2ccc3c(c2)N(C(C)C)C(=O)c2ccccc2O3)n1. The molecule has 0 radical (unpaired) electrons. The maximum absolute atomic E-state index is 13.2. The van der Waals surface area contributed by atoms with Gasteiger partial charge in [-0.05, 0) is 57.2 Å². The van der Waals surface area contributed by atoms with Gasteiger partial charge in [0.1, 0.15) is 5.75 Å². The van der Waals surface area contributed by atoms with Crippen LogP contribution in [0.2, 0.25) is 0 Å². The molecule has 29 heavy (non-hydrogen) atoms. The van der Waals surface area contributed by atoms with Crippen molar-refractivity contribution in [2.75, 3.05) is 10.2 Å². The zero-order chi connectivity index (χ0) is 20.5. The maximum Gasteiger partial charge on any atom is 0.276 e. The number of aromatic nitrogens is 2. The molecule has 0 atom stereocenters. The average molecular weight is 390 g/mol. The number of carbonyl (C=O) groups excluding carboxylic acids is 2. The van der Waals surface area contributed by atoms with E-state index in [9.17, 15) is 9.59 Å². The summed E-state index contributed by atoms with van der Waals surface area (Å²) in [4.78, 5) is 27.4. The van der Waals surface area contributed by atoms with Gasteiger partial charge in [0.25, 0.3) is 11.8 Å². The van der Waals surface area contributed by atoms with E-state index < -0.39 is 0 Å². The van der Waals surface area contributed by atoms with Crippen molar-refractivity contribution in [3.63, 3.8) is 0 Å². The van der Waals surface area contributed by atoms with E-state index in [4.69, 9.17) is 4.74 Å². The van der Waals surface area contributed by atoms with E-state index in [-0.39, 0.29) is 17.9 Å². The molecule has 148 valence electrons. The molecule has 2 amide bonds. The lowest BCUT2D eigenvalue weighted by atomic mass is 10.1. The highest BCUT2D eigenvalue weighted by atomic mass is 16.5. The van der Waals surface area contributed by atoms with Crippen molar-refractivity contribution in [1.29, 1.82) is 0 Å². The Kier molecular flexibility index (Phi) is 4.80. The van der Waals surface area contributed by atoms with Crippen LogP contribution >= 0.6 is 0 Å². The third-order valence-electron chi connectivity index (χ3n) is 4.75. The predicted molar refractivity (Wildman–Crippen MR) is 111 cm³/mol. The van der Waals surface area contributed by atoms with Crippen LogP contribution in [-0.4, -0.2) is 27.6 Å². The molecule has 4 rings (SSSR count). The zero-order valence-corrected chi connectivity index (χ0v) is 16.5. The molecule has 0 saturated heterocycles. The fraction of sp³-hybridized carbons (Fsp3) is 0.227. The normalized spacial score (nSPS) is 12.8. The minimum Gasteiger partial charge on any atom is -0.454 e. The van der Waals surface area contributed by atoms with Gasteiger partial charge >= 0.3 is 0 Å². The minimum atomic E-state index is -0.308. The van der Waals surface area contributed by atoms with E-state index >= 15 is 0 Å². The van der Waals surface area contributed by atoms with Gasteiger partial charge in [0.15, 0.2) is 11.4 Å². The number of hydrogen-bond acceptors (Lipinski definition) is 4. The van der Waals surface area contributed by atoms with E-state index in [0.29, 0.717) is 40.7 Å². The maximum atomic E-state index is 13.2. The number of ether oxygens (including phenoxy) is 1. The highest BCUT2D eigenvalue weighted by Gasteiger charge is 2.30. The summed E-state index contributed by atoms with van der Waals surface area (Å²) in [5.41, 5.74) is 2.02. The molecular weight excluding hydrogens is 368 g/mol. The smallest absolute Gasteiger partial charge is 0.276 e. The second kappa shape index (κ2) is 7.43. The Labute approximate surface area is 168 Å². The van der Waals surface area contributed by atoms with Gasteiger partial charge in [-0.2, -0.15) is 5.10 Å². The molecule has 7 heteroatoms. The van der Waals surface area contributed by atoms with E-state index in [2.05, 4.69) is 10.4 Å². The van der Waals surface area contributed by atoms with Crippen molar-refractivity contribution in [2.24, 2.45) is 0 Å². The third-order valence-corrected chi connectivity index (χ3v) is 4.75. The van der Waals surface area contributed by atoms with Gasteiger partial charge < -0.3 is 15.0 Å². The molecule has 0 bridgehead atoms. The molecule has 1 aliphatic heterocycles. The van der Waals surface area contributed by atoms with Crippen molar-refractivity contribution in [3.05, 3.63) is 66.0 Å². The van der Waals surface area contributed by atoms with Crippen LogP contribution in [-0.2, 0) is 6.54 Å². The molecule has 0 fully saturated rings. The molecule has 3 aromatic rings. The van der Waals surface area contributed by atoms with Crippen LogP contribution in [0.1, 0.15) is 41.6 Å². The monoisotopic (exact) mass is 390 g/mol. The molecule has 0 saturated carbocycles. The first kappa shape index (κ1) is 18.7. The van der Waals surface area contributed by atoms with Crippen LogP contribution in [0.15, 0.2) is 54.7 Å². The standard InChI is InChI=1S/C22H22N4O3/c1-4-25-12-11-17(24-25)21(27)23-15-9-10-20-18(13-15)26(14(2)3)22(28)16-7-5-6-8-19(16)29-20/h5-14H,4H2,1-3H3,(H,23,27). The molecule has 1 N–H and O–H groups in total. The number of amides is 2. The highest BCUT2D eigenvalue weighted by molar-refractivity contribution is 6.10. The number of carbonyl (C=O) groups is 2. The summed E-state index contributed by atoms with van der Waals surface area (Å²) in [5.74, 6) is 0.631. The number of benzene rings is 2. The van der Waals surface area contributed by atoms with Gasteiger partial charge in [0.05, 0.1) is 11.3 Å². The van der Waals surface area contributed by atoms with Crippen molar-refractivity contribution >= 4 is 23.2 Å². The lowest BCUT2D eigenvalue weighted by molar-refractivity contribution is 0.0979. The number of aryl methyl sites for hydroxylation is 1. The first-order valence-corrected chi connectivity index (χ1v) is 9.57. The molecular formula is C22H22N4O3. The van der Waals surface area contributed by atoms with Crippen LogP contribution in [0.3, 0.4) is 0 Å². The van der Waals surface area contributed by atoms with Crippen molar-refractivity contribution in [3.8, 4) is 11.5 Å². The van der Waals surface area contributed by atoms with Crippen LogP contribution in [0, 0.1) is 0 Å². The Morgan fingerprint density at radius 1 is 1.14 bits per heavy atom. The Balaban J connectivity index is 1.70. The van der Waals surface area contributed by atoms with Gasteiger partial charge in [-0.1, -0.05) is 12.1 Å². The summed E-state index contributed by atoms with van der Waals surface area (Å²) in [6.45, 7) is 6.53. The van der Waals surface area contributed by atoms with E-state index in [1.54, 1.807) is 52.2 Å². The average Bonchev–Trinajstić information content (AvgIpc) is 3.15. The summed E-state index contributed by atoms with van der Waals surface area (Å²) in [5, 5.41) is 7.08.